The van der Waals surface area contributed by atoms with Crippen LogP contribution in [-0.4, -0.2) is 14.8 Å². The van der Waals surface area contributed by atoms with Crippen molar-refractivity contribution >= 4 is 128 Å². The van der Waals surface area contributed by atoms with E-state index in [1.165, 1.54) is 85.3 Å². The molecule has 3 aliphatic rings. The van der Waals surface area contributed by atoms with Crippen LogP contribution >= 0.6 is 22.7 Å². The van der Waals surface area contributed by atoms with E-state index in [1.54, 1.807) is 5.19 Å². The maximum absolute atomic E-state index is 2.69. The zero-order chi connectivity index (χ0) is 30.3. The van der Waals surface area contributed by atoms with Gasteiger partial charge >= 0.3 is 0 Å². The minimum Gasteiger partial charge on any atom is -0.311 e. The van der Waals surface area contributed by atoms with E-state index in [4.69, 9.17) is 0 Å². The summed E-state index contributed by atoms with van der Waals surface area (Å²) in [6.45, 7) is 5.24. The molecule has 0 aliphatic carbocycles. The fraction of sp³-hybridized carbons (Fsp3) is 0.0500. The van der Waals surface area contributed by atoms with Crippen molar-refractivity contribution in [1.29, 1.82) is 0 Å². The number of nitrogens with zero attached hydrogens (tertiary/aromatic N) is 2. The molecular formula is C40H27BN2S2Si. The van der Waals surface area contributed by atoms with Crippen LogP contribution in [0.1, 0.15) is 0 Å². The summed E-state index contributed by atoms with van der Waals surface area (Å²) in [5.41, 5.74) is 10.9. The molecule has 0 unspecified atom stereocenters. The van der Waals surface area contributed by atoms with Crippen LogP contribution < -0.4 is 35.9 Å². The maximum atomic E-state index is 2.69. The predicted molar refractivity (Wildman–Crippen MR) is 205 cm³/mol. The van der Waals surface area contributed by atoms with Crippen LogP contribution in [0.5, 0.6) is 0 Å². The molecule has 0 saturated heterocycles. The minimum atomic E-state index is -1.99. The number of hydrogen-bond donors (Lipinski definition) is 0. The summed E-state index contributed by atoms with van der Waals surface area (Å²) < 4.78 is 5.49. The van der Waals surface area contributed by atoms with Crippen molar-refractivity contribution in [1.82, 2.24) is 0 Å². The second-order valence-electron chi connectivity index (χ2n) is 13.3. The summed E-state index contributed by atoms with van der Waals surface area (Å²) in [6.07, 6.45) is 0. The lowest BCUT2D eigenvalue weighted by molar-refractivity contribution is 1.28. The zero-order valence-electron chi connectivity index (χ0n) is 25.4. The Morgan fingerprint density at radius 3 is 2.09 bits per heavy atom. The molecule has 0 spiro atoms. The molecule has 0 atom stereocenters. The summed E-state index contributed by atoms with van der Waals surface area (Å²) in [4.78, 5) is 5.27. The first kappa shape index (κ1) is 25.6. The van der Waals surface area contributed by atoms with Crippen molar-refractivity contribution in [3.63, 3.8) is 0 Å². The Morgan fingerprint density at radius 2 is 1.24 bits per heavy atom. The van der Waals surface area contributed by atoms with E-state index in [0.29, 0.717) is 0 Å². The smallest absolute Gasteiger partial charge is 0.264 e. The van der Waals surface area contributed by atoms with Gasteiger partial charge in [-0.25, -0.2) is 0 Å². The summed E-state index contributed by atoms with van der Waals surface area (Å²) in [6, 6.07) is 48.1. The third-order valence-electron chi connectivity index (χ3n) is 10.6. The van der Waals surface area contributed by atoms with E-state index in [-0.39, 0.29) is 6.71 Å². The molecule has 0 amide bonds. The molecule has 216 valence electrons. The van der Waals surface area contributed by atoms with Gasteiger partial charge in [-0.2, -0.15) is 0 Å². The zero-order valence-corrected chi connectivity index (χ0v) is 28.0. The molecule has 46 heavy (non-hydrogen) atoms. The first-order chi connectivity index (χ1) is 22.6. The Hall–Kier alpha value is -4.62. The largest absolute Gasteiger partial charge is 0.311 e. The van der Waals surface area contributed by atoms with Gasteiger partial charge in [0, 0.05) is 57.8 Å². The monoisotopic (exact) mass is 638 g/mol. The number of fused-ring (bicyclic) bond motifs is 12. The molecule has 6 aromatic carbocycles. The van der Waals surface area contributed by atoms with E-state index < -0.39 is 8.07 Å². The van der Waals surface area contributed by atoms with Gasteiger partial charge in [0.2, 0.25) is 0 Å². The second kappa shape index (κ2) is 8.80. The van der Waals surface area contributed by atoms with Crippen LogP contribution in [-0.2, 0) is 0 Å². The summed E-state index contributed by atoms with van der Waals surface area (Å²) >= 11 is 3.91. The molecule has 2 nitrogen and oxygen atoms in total. The number of thiophene rings is 2. The average Bonchev–Trinajstić information content (AvgIpc) is 3.66. The van der Waals surface area contributed by atoms with Crippen molar-refractivity contribution < 1.29 is 0 Å². The van der Waals surface area contributed by atoms with Gasteiger partial charge in [-0.1, -0.05) is 104 Å². The predicted octanol–water partition coefficient (Wildman–Crippen LogP) is 8.49. The Labute approximate surface area is 276 Å². The first-order valence-electron chi connectivity index (χ1n) is 16.0. The summed E-state index contributed by atoms with van der Waals surface area (Å²) in [5, 5.41) is 7.14. The van der Waals surface area contributed by atoms with Crippen LogP contribution in [0, 0.1) is 0 Å². The Balaban J connectivity index is 1.39. The number of hydrogen-bond acceptors (Lipinski definition) is 4. The standard InChI is InChI=1S/C40H27BN2S2Si/c1-46(2)33-21-11-8-18-28(33)43-38-27(17-12-22-34(38)46)41-36-29(23-32-35(39(36)43)25-15-6-9-19-30(25)44-32)42(24-13-4-3-5-14-24)37-26-16-7-10-20-31(26)45-40(37)41/h3-23H,1-2H3. The van der Waals surface area contributed by atoms with Crippen molar-refractivity contribution in [2.75, 3.05) is 9.80 Å². The summed E-state index contributed by atoms with van der Waals surface area (Å²) in [5.74, 6) is 0. The van der Waals surface area contributed by atoms with Gasteiger partial charge in [0.15, 0.2) is 0 Å². The van der Waals surface area contributed by atoms with Crippen molar-refractivity contribution in [2.45, 2.75) is 13.1 Å². The molecule has 2 aromatic heterocycles. The lowest BCUT2D eigenvalue weighted by Crippen LogP contribution is -2.67. The minimum absolute atomic E-state index is 0.154. The van der Waals surface area contributed by atoms with Gasteiger partial charge in [-0.15, -0.1) is 22.7 Å². The number of benzene rings is 6. The fourth-order valence-electron chi connectivity index (χ4n) is 8.68. The average molecular weight is 639 g/mol. The molecule has 6 heteroatoms. The van der Waals surface area contributed by atoms with Crippen molar-refractivity contribution in [3.8, 4) is 0 Å². The highest BCUT2D eigenvalue weighted by molar-refractivity contribution is 7.34. The Morgan fingerprint density at radius 1 is 0.543 bits per heavy atom. The van der Waals surface area contributed by atoms with Gasteiger partial charge in [0.05, 0.1) is 11.4 Å². The molecule has 11 rings (SSSR count). The van der Waals surface area contributed by atoms with Gasteiger partial charge in [0.25, 0.3) is 6.71 Å². The molecule has 3 aliphatic heterocycles. The third-order valence-corrected chi connectivity index (χ3v) is 16.5. The lowest BCUT2D eigenvalue weighted by Gasteiger charge is -2.48. The van der Waals surface area contributed by atoms with Crippen LogP contribution in [0.4, 0.5) is 34.1 Å². The fourth-order valence-corrected chi connectivity index (χ4v) is 14.1. The Kier molecular flexibility index (Phi) is 4.89. The SMILES string of the molecule is C[Si]1(C)c2ccccc2N2c3c(cccc31)B1c3sc4ccccc4c3N(c3ccccc3)c3cc4sc5ccccc5c4c2c31. The van der Waals surface area contributed by atoms with Crippen molar-refractivity contribution in [3.05, 3.63) is 127 Å². The van der Waals surface area contributed by atoms with E-state index in [1.807, 2.05) is 22.7 Å². The first-order valence-corrected chi connectivity index (χ1v) is 20.6. The van der Waals surface area contributed by atoms with Gasteiger partial charge in [0.1, 0.15) is 8.07 Å². The molecule has 5 heterocycles. The lowest BCUT2D eigenvalue weighted by atomic mass is 9.36. The topological polar surface area (TPSA) is 6.48 Å². The van der Waals surface area contributed by atoms with E-state index in [0.717, 1.165) is 0 Å². The molecule has 0 saturated carbocycles. The van der Waals surface area contributed by atoms with Crippen LogP contribution in [0.15, 0.2) is 127 Å². The van der Waals surface area contributed by atoms with Crippen molar-refractivity contribution in [2.24, 2.45) is 0 Å². The molecule has 0 fully saturated rings. The molecule has 0 N–H and O–H groups in total. The number of rotatable bonds is 1. The normalized spacial score (nSPS) is 15.2. The van der Waals surface area contributed by atoms with Crippen LogP contribution in [0.2, 0.25) is 13.1 Å². The Bertz CT molecular complexity index is 2600. The van der Waals surface area contributed by atoms with Gasteiger partial charge in [-0.3, -0.25) is 0 Å². The number of para-hydroxylation sites is 3. The molecule has 8 aromatic rings. The summed E-state index contributed by atoms with van der Waals surface area (Å²) in [7, 11) is -1.99. The highest BCUT2D eigenvalue weighted by Gasteiger charge is 2.50. The van der Waals surface area contributed by atoms with Gasteiger partial charge < -0.3 is 9.80 Å². The maximum Gasteiger partial charge on any atom is 0.264 e. The highest BCUT2D eigenvalue weighted by atomic mass is 32.1. The van der Waals surface area contributed by atoms with E-state index in [9.17, 15) is 0 Å². The second-order valence-corrected chi connectivity index (χ2v) is 19.8. The van der Waals surface area contributed by atoms with Crippen LogP contribution in [0.3, 0.4) is 0 Å². The van der Waals surface area contributed by atoms with E-state index >= 15 is 0 Å². The molecular weight excluding hydrogens is 611 g/mol. The third kappa shape index (κ3) is 3.03. The highest BCUT2D eigenvalue weighted by Crippen LogP contribution is 2.52. The quantitative estimate of drug-likeness (QED) is 0.167. The van der Waals surface area contributed by atoms with Gasteiger partial charge in [-0.05, 0) is 57.7 Å². The molecule has 0 bridgehead atoms. The van der Waals surface area contributed by atoms with Crippen LogP contribution in [0.25, 0.3) is 30.3 Å². The van der Waals surface area contributed by atoms with E-state index in [2.05, 4.69) is 150 Å². The number of anilines is 6. The molecule has 0 radical (unpaired) electrons.